The largest absolute Gasteiger partial charge is 0.494 e. The molecule has 0 unspecified atom stereocenters. The monoisotopic (exact) mass is 399 g/mol. The van der Waals surface area contributed by atoms with Crippen LogP contribution in [0.2, 0.25) is 5.02 Å². The van der Waals surface area contributed by atoms with Gasteiger partial charge in [-0.1, -0.05) is 17.7 Å². The second kappa shape index (κ2) is 7.73. The highest BCUT2D eigenvalue weighted by atomic mass is 35.5. The zero-order chi connectivity index (χ0) is 19.7. The molecule has 28 heavy (non-hydrogen) atoms. The summed E-state index contributed by atoms with van der Waals surface area (Å²) >= 11 is 5.93. The number of aromatic nitrogens is 2. The number of methoxy groups -OCH3 is 1. The molecule has 1 aliphatic rings. The standard InChI is InChI=1S/C21H19ClFN3O2/c1-28-19-10-13(2-7-17(19)23)11-26-9-8-18-16(12-26)21(27)25-20(24-18)14-3-5-15(22)6-4-14/h2-7,10H,8-9,11-12H2,1H3,(H,24,25,27). The van der Waals surface area contributed by atoms with E-state index in [1.807, 2.05) is 12.1 Å². The van der Waals surface area contributed by atoms with Crippen LogP contribution in [-0.4, -0.2) is 28.5 Å². The first-order chi connectivity index (χ1) is 13.5. The molecule has 144 valence electrons. The number of benzene rings is 2. The molecule has 1 aliphatic heterocycles. The molecule has 5 nitrogen and oxygen atoms in total. The molecule has 0 fully saturated rings. The first kappa shape index (κ1) is 18.7. The molecule has 0 saturated carbocycles. The summed E-state index contributed by atoms with van der Waals surface area (Å²) < 4.78 is 18.6. The van der Waals surface area contributed by atoms with Crippen LogP contribution in [0.15, 0.2) is 47.3 Å². The lowest BCUT2D eigenvalue weighted by atomic mass is 10.1. The maximum Gasteiger partial charge on any atom is 0.255 e. The van der Waals surface area contributed by atoms with Crippen LogP contribution < -0.4 is 10.3 Å². The summed E-state index contributed by atoms with van der Waals surface area (Å²) in [7, 11) is 1.45. The van der Waals surface area contributed by atoms with Crippen LogP contribution in [0, 0.1) is 5.82 Å². The minimum absolute atomic E-state index is 0.128. The van der Waals surface area contributed by atoms with Gasteiger partial charge < -0.3 is 9.72 Å². The van der Waals surface area contributed by atoms with Crippen LogP contribution in [0.3, 0.4) is 0 Å². The Kier molecular flexibility index (Phi) is 5.15. The zero-order valence-corrected chi connectivity index (χ0v) is 16.1. The van der Waals surface area contributed by atoms with Gasteiger partial charge in [-0.15, -0.1) is 0 Å². The molecular formula is C21H19ClFN3O2. The lowest BCUT2D eigenvalue weighted by Crippen LogP contribution is -2.35. The summed E-state index contributed by atoms with van der Waals surface area (Å²) in [6.07, 6.45) is 0.679. The Morgan fingerprint density at radius 1 is 1.25 bits per heavy atom. The van der Waals surface area contributed by atoms with E-state index in [1.165, 1.54) is 13.2 Å². The van der Waals surface area contributed by atoms with Gasteiger partial charge in [-0.25, -0.2) is 9.37 Å². The molecule has 0 saturated heterocycles. The maximum atomic E-state index is 13.6. The van der Waals surface area contributed by atoms with Gasteiger partial charge in [0.25, 0.3) is 5.56 Å². The molecule has 0 bridgehead atoms. The molecule has 2 heterocycles. The Hall–Kier alpha value is -2.70. The van der Waals surface area contributed by atoms with Gasteiger partial charge in [0, 0.05) is 36.6 Å². The molecule has 4 rings (SSSR count). The summed E-state index contributed by atoms with van der Waals surface area (Å²) in [5.74, 6) is 0.393. The minimum Gasteiger partial charge on any atom is -0.494 e. The van der Waals surface area contributed by atoms with E-state index in [0.29, 0.717) is 35.9 Å². The number of ether oxygens (including phenoxy) is 1. The van der Waals surface area contributed by atoms with Gasteiger partial charge in [0.15, 0.2) is 11.6 Å². The lowest BCUT2D eigenvalue weighted by molar-refractivity contribution is 0.241. The van der Waals surface area contributed by atoms with Crippen molar-refractivity contribution >= 4 is 11.6 Å². The molecule has 1 aromatic heterocycles. The summed E-state index contributed by atoms with van der Waals surface area (Å²) in [4.78, 5) is 22.3. The van der Waals surface area contributed by atoms with Crippen LogP contribution in [0.25, 0.3) is 11.4 Å². The fourth-order valence-corrected chi connectivity index (χ4v) is 3.55. The number of hydrogen-bond acceptors (Lipinski definition) is 4. The van der Waals surface area contributed by atoms with Gasteiger partial charge in [0.2, 0.25) is 0 Å². The molecule has 0 radical (unpaired) electrons. The molecular weight excluding hydrogens is 381 g/mol. The minimum atomic E-state index is -0.384. The van der Waals surface area contributed by atoms with E-state index >= 15 is 0 Å². The van der Waals surface area contributed by atoms with E-state index < -0.39 is 0 Å². The quantitative estimate of drug-likeness (QED) is 0.725. The number of fused-ring (bicyclic) bond motifs is 1. The topological polar surface area (TPSA) is 58.2 Å². The second-order valence-electron chi connectivity index (χ2n) is 6.78. The van der Waals surface area contributed by atoms with E-state index in [0.717, 1.165) is 23.4 Å². The Bertz CT molecular complexity index is 1070. The number of nitrogens with zero attached hydrogens (tertiary/aromatic N) is 2. The fourth-order valence-electron chi connectivity index (χ4n) is 3.42. The lowest BCUT2D eigenvalue weighted by Gasteiger charge is -2.27. The van der Waals surface area contributed by atoms with Crippen molar-refractivity contribution in [2.45, 2.75) is 19.5 Å². The number of hydrogen-bond donors (Lipinski definition) is 1. The normalized spacial score (nSPS) is 14.0. The molecule has 0 spiro atoms. The molecule has 3 aromatic rings. The van der Waals surface area contributed by atoms with Crippen molar-refractivity contribution in [2.24, 2.45) is 0 Å². The van der Waals surface area contributed by atoms with Crippen molar-refractivity contribution in [1.29, 1.82) is 0 Å². The number of halogens is 2. The SMILES string of the molecule is COc1cc(CN2CCc3nc(-c4ccc(Cl)cc4)[nH]c(=O)c3C2)ccc1F. The molecule has 0 aliphatic carbocycles. The van der Waals surface area contributed by atoms with Crippen molar-refractivity contribution < 1.29 is 9.13 Å². The van der Waals surface area contributed by atoms with Crippen molar-refractivity contribution in [3.63, 3.8) is 0 Å². The predicted octanol–water partition coefficient (Wildman–Crippen LogP) is 3.80. The van der Waals surface area contributed by atoms with Gasteiger partial charge in [-0.3, -0.25) is 9.69 Å². The molecule has 2 aromatic carbocycles. The first-order valence-electron chi connectivity index (χ1n) is 8.96. The Morgan fingerprint density at radius 3 is 2.79 bits per heavy atom. The third-order valence-corrected chi connectivity index (χ3v) is 5.14. The van der Waals surface area contributed by atoms with E-state index in [2.05, 4.69) is 14.9 Å². The van der Waals surface area contributed by atoms with Gasteiger partial charge in [-0.2, -0.15) is 0 Å². The number of H-pyrrole nitrogens is 1. The van der Waals surface area contributed by atoms with E-state index in [-0.39, 0.29) is 17.1 Å². The Morgan fingerprint density at radius 2 is 2.04 bits per heavy atom. The number of aromatic amines is 1. The maximum absolute atomic E-state index is 13.6. The predicted molar refractivity (Wildman–Crippen MR) is 106 cm³/mol. The van der Waals surface area contributed by atoms with E-state index in [1.54, 1.807) is 24.3 Å². The zero-order valence-electron chi connectivity index (χ0n) is 15.3. The van der Waals surface area contributed by atoms with Crippen molar-refractivity contribution in [2.75, 3.05) is 13.7 Å². The summed E-state index contributed by atoms with van der Waals surface area (Å²) in [5.41, 5.74) is 3.13. The average molecular weight is 400 g/mol. The van der Waals surface area contributed by atoms with E-state index in [4.69, 9.17) is 16.3 Å². The van der Waals surface area contributed by atoms with Crippen LogP contribution in [0.4, 0.5) is 4.39 Å². The van der Waals surface area contributed by atoms with Crippen LogP contribution in [0.1, 0.15) is 16.8 Å². The molecule has 0 amide bonds. The smallest absolute Gasteiger partial charge is 0.255 e. The van der Waals surface area contributed by atoms with Crippen LogP contribution in [0.5, 0.6) is 5.75 Å². The van der Waals surface area contributed by atoms with Crippen LogP contribution >= 0.6 is 11.6 Å². The molecule has 1 N–H and O–H groups in total. The first-order valence-corrected chi connectivity index (χ1v) is 9.34. The van der Waals surface area contributed by atoms with Gasteiger partial charge in [0.05, 0.1) is 18.4 Å². The highest BCUT2D eigenvalue weighted by Gasteiger charge is 2.22. The Labute approximate surface area is 166 Å². The van der Waals surface area contributed by atoms with Crippen LogP contribution in [-0.2, 0) is 19.5 Å². The Balaban J connectivity index is 1.56. The third-order valence-electron chi connectivity index (χ3n) is 4.89. The second-order valence-corrected chi connectivity index (χ2v) is 7.21. The summed E-state index contributed by atoms with van der Waals surface area (Å²) in [5, 5.41) is 0.636. The summed E-state index contributed by atoms with van der Waals surface area (Å²) in [6, 6.07) is 12.0. The fraction of sp³-hybridized carbons (Fsp3) is 0.238. The van der Waals surface area contributed by atoms with Crippen molar-refractivity contribution in [3.05, 3.63) is 80.5 Å². The highest BCUT2D eigenvalue weighted by Crippen LogP contribution is 2.23. The van der Waals surface area contributed by atoms with Gasteiger partial charge in [0.1, 0.15) is 5.82 Å². The highest BCUT2D eigenvalue weighted by molar-refractivity contribution is 6.30. The van der Waals surface area contributed by atoms with E-state index in [9.17, 15) is 9.18 Å². The number of nitrogens with one attached hydrogen (secondary N) is 1. The average Bonchev–Trinajstić information content (AvgIpc) is 2.70. The number of rotatable bonds is 4. The molecule has 0 atom stereocenters. The third kappa shape index (κ3) is 3.79. The van der Waals surface area contributed by atoms with Gasteiger partial charge in [-0.05, 0) is 42.0 Å². The van der Waals surface area contributed by atoms with Crippen molar-refractivity contribution in [1.82, 2.24) is 14.9 Å². The van der Waals surface area contributed by atoms with Gasteiger partial charge >= 0.3 is 0 Å². The van der Waals surface area contributed by atoms with Crippen molar-refractivity contribution in [3.8, 4) is 17.1 Å². The summed E-state index contributed by atoms with van der Waals surface area (Å²) in [6.45, 7) is 1.87. The molecule has 7 heteroatoms.